The molecule has 0 bridgehead atoms. The van der Waals surface area contributed by atoms with Crippen molar-refractivity contribution in [2.24, 2.45) is 7.05 Å². The van der Waals surface area contributed by atoms with Gasteiger partial charge in [-0.15, -0.1) is 0 Å². The maximum atomic E-state index is 12.2. The summed E-state index contributed by atoms with van der Waals surface area (Å²) in [7, 11) is 1.65. The van der Waals surface area contributed by atoms with Crippen molar-refractivity contribution >= 4 is 27.9 Å². The van der Waals surface area contributed by atoms with Crippen molar-refractivity contribution in [1.29, 1.82) is 0 Å². The lowest BCUT2D eigenvalue weighted by atomic mass is 10.1. The number of aromatic amines is 1. The number of H-pyrrole nitrogens is 1. The molecule has 6 nitrogen and oxygen atoms in total. The number of aryl methyl sites for hydroxylation is 1. The van der Waals surface area contributed by atoms with Crippen molar-refractivity contribution in [3.05, 3.63) is 70.3 Å². The van der Waals surface area contributed by atoms with E-state index in [-0.39, 0.29) is 12.3 Å². The third-order valence-corrected chi connectivity index (χ3v) is 4.61. The van der Waals surface area contributed by atoms with Crippen LogP contribution in [0, 0.1) is 0 Å². The third-order valence-electron chi connectivity index (χ3n) is 4.61. The van der Waals surface area contributed by atoms with Gasteiger partial charge in [0.05, 0.1) is 11.9 Å². The van der Waals surface area contributed by atoms with Crippen molar-refractivity contribution in [3.63, 3.8) is 0 Å². The standard InChI is InChI=1S/C20H19N3O3/c1-23-17-10-13(6-7-18(17)26-20(23)25)11-19(24)21-9-8-14-12-22-16-5-3-2-4-15(14)16/h2-7,10,12,22H,8-9,11H2,1H3,(H,21,24). The lowest BCUT2D eigenvalue weighted by Crippen LogP contribution is -2.27. The van der Waals surface area contributed by atoms with Crippen LogP contribution in [0.5, 0.6) is 0 Å². The molecule has 4 aromatic rings. The summed E-state index contributed by atoms with van der Waals surface area (Å²) in [6, 6.07) is 13.5. The van der Waals surface area contributed by atoms with Gasteiger partial charge in [0.25, 0.3) is 0 Å². The highest BCUT2D eigenvalue weighted by molar-refractivity contribution is 5.83. The molecule has 0 aliphatic heterocycles. The first kappa shape index (κ1) is 16.2. The van der Waals surface area contributed by atoms with E-state index in [1.54, 1.807) is 13.1 Å². The SMILES string of the molecule is Cn1c(=O)oc2ccc(CC(=O)NCCc3c[nH]c4ccccc34)cc21. The second kappa shape index (κ2) is 6.55. The Bertz CT molecular complexity index is 1150. The zero-order valence-electron chi connectivity index (χ0n) is 14.4. The van der Waals surface area contributed by atoms with E-state index in [9.17, 15) is 9.59 Å². The molecule has 132 valence electrons. The van der Waals surface area contributed by atoms with Crippen LogP contribution < -0.4 is 11.1 Å². The Hall–Kier alpha value is -3.28. The number of carbonyl (C=O) groups is 1. The number of hydrogen-bond donors (Lipinski definition) is 2. The molecule has 0 saturated carbocycles. The zero-order valence-corrected chi connectivity index (χ0v) is 14.4. The quantitative estimate of drug-likeness (QED) is 0.581. The molecule has 0 spiro atoms. The number of amides is 1. The Labute approximate surface area is 149 Å². The highest BCUT2D eigenvalue weighted by Crippen LogP contribution is 2.18. The summed E-state index contributed by atoms with van der Waals surface area (Å²) in [6.07, 6.45) is 3.03. The normalized spacial score (nSPS) is 11.3. The highest BCUT2D eigenvalue weighted by Gasteiger charge is 2.09. The Balaban J connectivity index is 1.38. The average molecular weight is 349 g/mol. The molecular weight excluding hydrogens is 330 g/mol. The Morgan fingerprint density at radius 3 is 2.96 bits per heavy atom. The number of para-hydroxylation sites is 1. The largest absolute Gasteiger partial charge is 0.419 e. The predicted octanol–water partition coefficient (Wildman–Crippen LogP) is 2.51. The summed E-state index contributed by atoms with van der Waals surface area (Å²) >= 11 is 0. The van der Waals surface area contributed by atoms with E-state index >= 15 is 0 Å². The van der Waals surface area contributed by atoms with Crippen molar-refractivity contribution in [1.82, 2.24) is 14.9 Å². The van der Waals surface area contributed by atoms with Gasteiger partial charge in [0.1, 0.15) is 0 Å². The van der Waals surface area contributed by atoms with Gasteiger partial charge in [-0.3, -0.25) is 9.36 Å². The van der Waals surface area contributed by atoms with Crippen LogP contribution in [0.2, 0.25) is 0 Å². The molecular formula is C20H19N3O3. The molecule has 6 heteroatoms. The topological polar surface area (TPSA) is 80.0 Å². The molecule has 2 N–H and O–H groups in total. The van der Waals surface area contributed by atoms with Gasteiger partial charge in [0, 0.05) is 30.7 Å². The van der Waals surface area contributed by atoms with Gasteiger partial charge < -0.3 is 14.7 Å². The Morgan fingerprint density at radius 2 is 2.08 bits per heavy atom. The van der Waals surface area contributed by atoms with Gasteiger partial charge in [-0.25, -0.2) is 4.79 Å². The van der Waals surface area contributed by atoms with Crippen molar-refractivity contribution in [2.75, 3.05) is 6.54 Å². The van der Waals surface area contributed by atoms with Gasteiger partial charge in [0.15, 0.2) is 5.58 Å². The summed E-state index contributed by atoms with van der Waals surface area (Å²) in [6.45, 7) is 0.577. The van der Waals surface area contributed by atoms with Crippen LogP contribution in [-0.4, -0.2) is 22.0 Å². The van der Waals surface area contributed by atoms with Crippen LogP contribution >= 0.6 is 0 Å². The molecule has 2 aromatic carbocycles. The molecule has 0 unspecified atom stereocenters. The van der Waals surface area contributed by atoms with E-state index in [2.05, 4.69) is 16.4 Å². The van der Waals surface area contributed by atoms with Gasteiger partial charge in [-0.1, -0.05) is 24.3 Å². The Morgan fingerprint density at radius 1 is 1.23 bits per heavy atom. The molecule has 1 amide bonds. The van der Waals surface area contributed by atoms with Gasteiger partial charge in [0.2, 0.25) is 5.91 Å². The number of nitrogens with one attached hydrogen (secondary N) is 2. The smallest absolute Gasteiger partial charge is 0.408 e. The number of rotatable bonds is 5. The summed E-state index contributed by atoms with van der Waals surface area (Å²) in [5, 5.41) is 4.15. The van der Waals surface area contributed by atoms with Crippen molar-refractivity contribution in [2.45, 2.75) is 12.8 Å². The second-order valence-electron chi connectivity index (χ2n) is 6.37. The van der Waals surface area contributed by atoms with Crippen molar-refractivity contribution in [3.8, 4) is 0 Å². The molecule has 0 aliphatic carbocycles. The maximum absolute atomic E-state index is 12.2. The maximum Gasteiger partial charge on any atom is 0.419 e. The van der Waals surface area contributed by atoms with E-state index in [4.69, 9.17) is 4.42 Å². The first-order valence-corrected chi connectivity index (χ1v) is 8.52. The zero-order chi connectivity index (χ0) is 18.1. The number of fused-ring (bicyclic) bond motifs is 2. The number of aromatic nitrogens is 2. The van der Waals surface area contributed by atoms with Crippen LogP contribution in [0.15, 0.2) is 57.9 Å². The molecule has 2 aromatic heterocycles. The first-order valence-electron chi connectivity index (χ1n) is 8.52. The van der Waals surface area contributed by atoms with Gasteiger partial charge in [-0.2, -0.15) is 0 Å². The predicted molar refractivity (Wildman–Crippen MR) is 100 cm³/mol. The summed E-state index contributed by atoms with van der Waals surface area (Å²) < 4.78 is 6.54. The van der Waals surface area contributed by atoms with Crippen LogP contribution in [-0.2, 0) is 24.7 Å². The summed E-state index contributed by atoms with van der Waals surface area (Å²) in [5.74, 6) is -0.446. The number of carbonyl (C=O) groups excluding carboxylic acids is 1. The third kappa shape index (κ3) is 3.01. The lowest BCUT2D eigenvalue weighted by Gasteiger charge is -2.05. The second-order valence-corrected chi connectivity index (χ2v) is 6.37. The fourth-order valence-corrected chi connectivity index (χ4v) is 3.21. The van der Waals surface area contributed by atoms with E-state index in [1.165, 1.54) is 15.5 Å². The minimum Gasteiger partial charge on any atom is -0.408 e. The van der Waals surface area contributed by atoms with Crippen LogP contribution in [0.25, 0.3) is 22.0 Å². The van der Waals surface area contributed by atoms with Crippen molar-refractivity contribution < 1.29 is 9.21 Å². The van der Waals surface area contributed by atoms with Gasteiger partial charge >= 0.3 is 5.76 Å². The molecule has 0 radical (unpaired) electrons. The summed E-state index contributed by atoms with van der Waals surface area (Å²) in [5.41, 5.74) is 4.36. The number of benzene rings is 2. The summed E-state index contributed by atoms with van der Waals surface area (Å²) in [4.78, 5) is 27.0. The van der Waals surface area contributed by atoms with E-state index in [0.717, 1.165) is 17.5 Å². The minimum atomic E-state index is -0.402. The van der Waals surface area contributed by atoms with E-state index < -0.39 is 5.76 Å². The minimum absolute atomic E-state index is 0.0438. The van der Waals surface area contributed by atoms with E-state index in [0.29, 0.717) is 17.6 Å². The number of oxazole rings is 1. The van der Waals surface area contributed by atoms with Crippen LogP contribution in [0.4, 0.5) is 0 Å². The molecule has 4 rings (SSSR count). The Kier molecular flexibility index (Phi) is 4.08. The van der Waals surface area contributed by atoms with Crippen LogP contribution in [0.1, 0.15) is 11.1 Å². The molecule has 0 aliphatic rings. The van der Waals surface area contributed by atoms with Crippen LogP contribution in [0.3, 0.4) is 0 Å². The average Bonchev–Trinajstić information content (AvgIpc) is 3.17. The fourth-order valence-electron chi connectivity index (χ4n) is 3.21. The number of hydrogen-bond acceptors (Lipinski definition) is 3. The lowest BCUT2D eigenvalue weighted by molar-refractivity contribution is -0.120. The highest BCUT2D eigenvalue weighted by atomic mass is 16.4. The van der Waals surface area contributed by atoms with E-state index in [1.807, 2.05) is 36.5 Å². The number of nitrogens with zero attached hydrogens (tertiary/aromatic N) is 1. The van der Waals surface area contributed by atoms with Gasteiger partial charge in [-0.05, 0) is 35.7 Å². The monoisotopic (exact) mass is 349 g/mol. The fraction of sp³-hybridized carbons (Fsp3) is 0.200. The molecule has 0 saturated heterocycles. The first-order chi connectivity index (χ1) is 12.6. The molecule has 2 heterocycles. The molecule has 0 fully saturated rings. The molecule has 0 atom stereocenters. The molecule has 26 heavy (non-hydrogen) atoms.